The second kappa shape index (κ2) is 5.38. The van der Waals surface area contributed by atoms with E-state index in [4.69, 9.17) is 4.74 Å². The molecule has 1 aromatic carbocycles. The maximum atomic E-state index is 10.0. The molecule has 0 bridgehead atoms. The zero-order valence-electron chi connectivity index (χ0n) is 10.4. The van der Waals surface area contributed by atoms with Gasteiger partial charge in [-0.3, -0.25) is 4.90 Å². The number of hydrogen-bond donors (Lipinski definition) is 2. The van der Waals surface area contributed by atoms with E-state index in [9.17, 15) is 5.11 Å². The molecule has 1 aliphatic rings. The number of nitrogens with one attached hydrogen (secondary N) is 1. The molecule has 0 aliphatic carbocycles. The minimum Gasteiger partial charge on any atom is -0.507 e. The summed E-state index contributed by atoms with van der Waals surface area (Å²) in [7, 11) is 1.64. The van der Waals surface area contributed by atoms with Crippen LogP contribution in [-0.2, 0) is 0 Å². The van der Waals surface area contributed by atoms with Crippen molar-refractivity contribution in [3.05, 3.63) is 23.8 Å². The summed E-state index contributed by atoms with van der Waals surface area (Å²) < 4.78 is 5.34. The summed E-state index contributed by atoms with van der Waals surface area (Å²) in [5.41, 5.74) is 0.886. The summed E-state index contributed by atoms with van der Waals surface area (Å²) in [6.45, 7) is 6.11. The number of aromatic hydroxyl groups is 1. The van der Waals surface area contributed by atoms with Gasteiger partial charge in [0.15, 0.2) is 0 Å². The van der Waals surface area contributed by atoms with Gasteiger partial charge < -0.3 is 15.2 Å². The number of phenols is 1. The van der Waals surface area contributed by atoms with E-state index < -0.39 is 0 Å². The van der Waals surface area contributed by atoms with E-state index in [1.54, 1.807) is 13.2 Å². The first kappa shape index (κ1) is 12.2. The number of methoxy groups -OCH3 is 1. The standard InChI is InChI=1S/C13H20N2O2/c1-10(15-8-6-14-7-9-15)13-11(16)4-3-5-12(13)17-2/h3-5,10,14,16H,6-9H2,1-2H3/t10-/m1/s1. The van der Waals surface area contributed by atoms with Crippen molar-refractivity contribution < 1.29 is 9.84 Å². The smallest absolute Gasteiger partial charge is 0.127 e. The Morgan fingerprint density at radius 1 is 1.35 bits per heavy atom. The molecule has 0 radical (unpaired) electrons. The number of rotatable bonds is 3. The summed E-state index contributed by atoms with van der Waals surface area (Å²) in [5.74, 6) is 1.08. The van der Waals surface area contributed by atoms with Crippen LogP contribution in [0.25, 0.3) is 0 Å². The molecule has 0 unspecified atom stereocenters. The zero-order chi connectivity index (χ0) is 12.3. The van der Waals surface area contributed by atoms with Gasteiger partial charge >= 0.3 is 0 Å². The molecule has 1 heterocycles. The number of ether oxygens (including phenoxy) is 1. The molecule has 2 rings (SSSR count). The van der Waals surface area contributed by atoms with Gasteiger partial charge in [0.05, 0.1) is 12.7 Å². The molecule has 1 saturated heterocycles. The Hall–Kier alpha value is -1.26. The van der Waals surface area contributed by atoms with E-state index in [1.165, 1.54) is 0 Å². The highest BCUT2D eigenvalue weighted by Crippen LogP contribution is 2.36. The largest absolute Gasteiger partial charge is 0.507 e. The predicted molar refractivity (Wildman–Crippen MR) is 67.5 cm³/mol. The lowest BCUT2D eigenvalue weighted by molar-refractivity contribution is 0.180. The average Bonchev–Trinajstić information content (AvgIpc) is 2.38. The summed E-state index contributed by atoms with van der Waals surface area (Å²) in [5, 5.41) is 13.3. The van der Waals surface area contributed by atoms with Gasteiger partial charge in [-0.15, -0.1) is 0 Å². The average molecular weight is 236 g/mol. The number of nitrogens with zero attached hydrogens (tertiary/aromatic N) is 1. The molecule has 0 aromatic heterocycles. The predicted octanol–water partition coefficient (Wildman–Crippen LogP) is 1.37. The lowest BCUT2D eigenvalue weighted by Gasteiger charge is -2.33. The van der Waals surface area contributed by atoms with E-state index in [-0.39, 0.29) is 6.04 Å². The van der Waals surface area contributed by atoms with Gasteiger partial charge in [0.2, 0.25) is 0 Å². The highest BCUT2D eigenvalue weighted by molar-refractivity contribution is 5.45. The van der Waals surface area contributed by atoms with E-state index in [0.29, 0.717) is 5.75 Å². The Labute approximate surface area is 102 Å². The summed E-state index contributed by atoms with van der Waals surface area (Å²) in [6, 6.07) is 5.60. The second-order valence-corrected chi connectivity index (χ2v) is 4.36. The Morgan fingerprint density at radius 3 is 2.71 bits per heavy atom. The van der Waals surface area contributed by atoms with E-state index in [0.717, 1.165) is 37.5 Å². The molecule has 1 fully saturated rings. The molecule has 0 spiro atoms. The molecule has 4 heteroatoms. The fraction of sp³-hybridized carbons (Fsp3) is 0.538. The third-order valence-electron chi connectivity index (χ3n) is 3.38. The van der Waals surface area contributed by atoms with Crippen molar-refractivity contribution in [1.29, 1.82) is 0 Å². The zero-order valence-corrected chi connectivity index (χ0v) is 10.4. The highest BCUT2D eigenvalue weighted by atomic mass is 16.5. The summed E-state index contributed by atoms with van der Waals surface area (Å²) in [6.07, 6.45) is 0. The van der Waals surface area contributed by atoms with Crippen molar-refractivity contribution in [3.8, 4) is 11.5 Å². The molecular weight excluding hydrogens is 216 g/mol. The van der Waals surface area contributed by atoms with Crippen LogP contribution in [0.15, 0.2) is 18.2 Å². The van der Waals surface area contributed by atoms with E-state index >= 15 is 0 Å². The molecule has 0 amide bonds. The second-order valence-electron chi connectivity index (χ2n) is 4.36. The van der Waals surface area contributed by atoms with Gasteiger partial charge in [0, 0.05) is 32.2 Å². The molecule has 94 valence electrons. The maximum absolute atomic E-state index is 10.0. The van der Waals surface area contributed by atoms with Gasteiger partial charge in [-0.25, -0.2) is 0 Å². The van der Waals surface area contributed by atoms with Crippen molar-refractivity contribution in [2.45, 2.75) is 13.0 Å². The molecular formula is C13H20N2O2. The number of phenolic OH excluding ortho intramolecular Hbond substituents is 1. The van der Waals surface area contributed by atoms with Crippen LogP contribution in [0.4, 0.5) is 0 Å². The van der Waals surface area contributed by atoms with Crippen molar-refractivity contribution >= 4 is 0 Å². The molecule has 1 aromatic rings. The monoisotopic (exact) mass is 236 g/mol. The third-order valence-corrected chi connectivity index (χ3v) is 3.38. The normalized spacial score (nSPS) is 18.9. The molecule has 0 saturated carbocycles. The lowest BCUT2D eigenvalue weighted by Crippen LogP contribution is -2.44. The van der Waals surface area contributed by atoms with Crippen LogP contribution in [0.5, 0.6) is 11.5 Å². The van der Waals surface area contributed by atoms with Gasteiger partial charge in [0.1, 0.15) is 11.5 Å². The fourth-order valence-electron chi connectivity index (χ4n) is 2.38. The minimum atomic E-state index is 0.174. The van der Waals surface area contributed by atoms with E-state index in [2.05, 4.69) is 17.1 Å². The topological polar surface area (TPSA) is 44.7 Å². The fourth-order valence-corrected chi connectivity index (χ4v) is 2.38. The van der Waals surface area contributed by atoms with Crippen LogP contribution in [0.2, 0.25) is 0 Å². The summed E-state index contributed by atoms with van der Waals surface area (Å²) in [4.78, 5) is 2.36. The van der Waals surface area contributed by atoms with Crippen LogP contribution in [-0.4, -0.2) is 43.3 Å². The van der Waals surface area contributed by atoms with Crippen LogP contribution < -0.4 is 10.1 Å². The molecule has 17 heavy (non-hydrogen) atoms. The molecule has 1 atom stereocenters. The molecule has 2 N–H and O–H groups in total. The molecule has 1 aliphatic heterocycles. The quantitative estimate of drug-likeness (QED) is 0.832. The Kier molecular flexibility index (Phi) is 3.86. The minimum absolute atomic E-state index is 0.174. The van der Waals surface area contributed by atoms with Crippen molar-refractivity contribution in [2.24, 2.45) is 0 Å². The summed E-state index contributed by atoms with van der Waals surface area (Å²) >= 11 is 0. The van der Waals surface area contributed by atoms with Gasteiger partial charge in [0.25, 0.3) is 0 Å². The third kappa shape index (κ3) is 2.53. The van der Waals surface area contributed by atoms with Crippen LogP contribution >= 0.6 is 0 Å². The molecule has 4 nitrogen and oxygen atoms in total. The Morgan fingerprint density at radius 2 is 2.06 bits per heavy atom. The first-order chi connectivity index (χ1) is 8.24. The Balaban J connectivity index is 2.25. The first-order valence-electron chi connectivity index (χ1n) is 6.04. The number of hydrogen-bond acceptors (Lipinski definition) is 4. The van der Waals surface area contributed by atoms with Crippen LogP contribution in [0.3, 0.4) is 0 Å². The van der Waals surface area contributed by atoms with Crippen molar-refractivity contribution in [1.82, 2.24) is 10.2 Å². The van der Waals surface area contributed by atoms with Gasteiger partial charge in [-0.05, 0) is 19.1 Å². The SMILES string of the molecule is COc1cccc(O)c1[C@@H](C)N1CCNCC1. The maximum Gasteiger partial charge on any atom is 0.127 e. The number of piperazine rings is 1. The van der Waals surface area contributed by atoms with Crippen molar-refractivity contribution in [3.63, 3.8) is 0 Å². The Bertz CT molecular complexity index is 376. The number of benzene rings is 1. The van der Waals surface area contributed by atoms with Crippen LogP contribution in [0.1, 0.15) is 18.5 Å². The van der Waals surface area contributed by atoms with E-state index in [1.807, 2.05) is 12.1 Å². The highest BCUT2D eigenvalue weighted by Gasteiger charge is 2.23. The van der Waals surface area contributed by atoms with Gasteiger partial charge in [-0.2, -0.15) is 0 Å². The lowest BCUT2D eigenvalue weighted by atomic mass is 10.0. The van der Waals surface area contributed by atoms with Gasteiger partial charge in [-0.1, -0.05) is 6.07 Å². The first-order valence-corrected chi connectivity index (χ1v) is 6.04. The van der Waals surface area contributed by atoms with Crippen LogP contribution in [0, 0.1) is 0 Å². The van der Waals surface area contributed by atoms with Crippen molar-refractivity contribution in [2.75, 3.05) is 33.3 Å².